The summed E-state index contributed by atoms with van der Waals surface area (Å²) < 4.78 is 14.5. The molecule has 0 aliphatic heterocycles. The Hall–Kier alpha value is -1.60. The highest BCUT2D eigenvalue weighted by Gasteiger charge is 2.15. The molecule has 7 heteroatoms. The number of rotatable bonds is 3. The van der Waals surface area contributed by atoms with Crippen LogP contribution in [0, 0.1) is 12.7 Å². The smallest absolute Gasteiger partial charge is 0.174 e. The second-order valence-electron chi connectivity index (χ2n) is 3.46. The van der Waals surface area contributed by atoms with E-state index in [-0.39, 0.29) is 11.4 Å². The van der Waals surface area contributed by atoms with Gasteiger partial charge in [0.2, 0.25) is 0 Å². The number of amidine groups is 1. The van der Waals surface area contributed by atoms with Crippen molar-refractivity contribution in [3.05, 3.63) is 40.7 Å². The van der Waals surface area contributed by atoms with Crippen LogP contribution in [-0.4, -0.2) is 16.0 Å². The molecule has 1 aromatic heterocycles. The molecule has 0 amide bonds. The molecule has 2 aromatic rings. The van der Waals surface area contributed by atoms with Crippen molar-refractivity contribution >= 4 is 28.9 Å². The van der Waals surface area contributed by atoms with Crippen molar-refractivity contribution in [1.82, 2.24) is 4.98 Å². The molecule has 1 heterocycles. The lowest BCUT2D eigenvalue weighted by molar-refractivity contribution is 0.318. The van der Waals surface area contributed by atoms with Crippen molar-refractivity contribution in [1.29, 1.82) is 0 Å². The fourth-order valence-corrected chi connectivity index (χ4v) is 3.32. The molecule has 0 spiro atoms. The molecule has 0 bridgehead atoms. The molecule has 3 N–H and O–H groups in total. The van der Waals surface area contributed by atoms with Gasteiger partial charge in [-0.15, -0.1) is 11.3 Å². The number of nitrogens with zero attached hydrogens (tertiary/aromatic N) is 2. The van der Waals surface area contributed by atoms with Gasteiger partial charge in [0.05, 0.1) is 5.56 Å². The van der Waals surface area contributed by atoms with Crippen LogP contribution < -0.4 is 5.73 Å². The maximum Gasteiger partial charge on any atom is 0.174 e. The van der Waals surface area contributed by atoms with E-state index in [1.165, 1.54) is 29.2 Å². The number of benzene rings is 1. The summed E-state index contributed by atoms with van der Waals surface area (Å²) in [5.41, 5.74) is 6.49. The first-order valence-corrected chi connectivity index (χ1v) is 6.68. The lowest BCUT2D eigenvalue weighted by Crippen LogP contribution is -2.16. The number of nitrogens with two attached hydrogens (primary N) is 1. The van der Waals surface area contributed by atoms with Gasteiger partial charge >= 0.3 is 0 Å². The van der Waals surface area contributed by atoms with Crippen LogP contribution in [0.5, 0.6) is 0 Å². The number of aromatic nitrogens is 1. The minimum Gasteiger partial charge on any atom is -0.409 e. The van der Waals surface area contributed by atoms with Crippen molar-refractivity contribution in [2.24, 2.45) is 10.9 Å². The summed E-state index contributed by atoms with van der Waals surface area (Å²) in [4.78, 5) is 4.85. The average Bonchev–Trinajstić information content (AvgIpc) is 2.74. The summed E-state index contributed by atoms with van der Waals surface area (Å²) in [6, 6.07) is 4.55. The van der Waals surface area contributed by atoms with Gasteiger partial charge in [-0.2, -0.15) is 0 Å². The first-order valence-electron chi connectivity index (χ1n) is 4.98. The third-order valence-corrected chi connectivity index (χ3v) is 4.25. The van der Waals surface area contributed by atoms with Crippen molar-refractivity contribution in [3.63, 3.8) is 0 Å². The molecular weight excluding hydrogens is 273 g/mol. The maximum atomic E-state index is 13.7. The Bertz CT molecular complexity index is 598. The van der Waals surface area contributed by atoms with Gasteiger partial charge in [0, 0.05) is 16.0 Å². The minimum absolute atomic E-state index is 0.0952. The minimum atomic E-state index is -0.524. The highest BCUT2D eigenvalue weighted by molar-refractivity contribution is 8.01. The summed E-state index contributed by atoms with van der Waals surface area (Å²) in [5.74, 6) is -0.771. The van der Waals surface area contributed by atoms with Gasteiger partial charge in [-0.05, 0) is 19.1 Å². The number of hydrogen-bond acceptors (Lipinski definition) is 5. The SMILES string of the molecule is Cc1csc(Sc2cccc(F)c2C(N)=NO)n1. The van der Waals surface area contributed by atoms with Crippen LogP contribution in [-0.2, 0) is 0 Å². The van der Waals surface area contributed by atoms with E-state index >= 15 is 0 Å². The summed E-state index contributed by atoms with van der Waals surface area (Å²) >= 11 is 2.75. The third-order valence-electron chi connectivity index (χ3n) is 2.13. The summed E-state index contributed by atoms with van der Waals surface area (Å²) in [6.45, 7) is 1.89. The maximum absolute atomic E-state index is 13.7. The van der Waals surface area contributed by atoms with Gasteiger partial charge in [0.25, 0.3) is 0 Å². The van der Waals surface area contributed by atoms with Crippen LogP contribution in [0.3, 0.4) is 0 Å². The molecule has 0 fully saturated rings. The lowest BCUT2D eigenvalue weighted by Gasteiger charge is -2.07. The van der Waals surface area contributed by atoms with E-state index in [1.54, 1.807) is 12.1 Å². The van der Waals surface area contributed by atoms with E-state index in [2.05, 4.69) is 10.1 Å². The van der Waals surface area contributed by atoms with Crippen molar-refractivity contribution in [2.75, 3.05) is 0 Å². The number of thiazole rings is 1. The normalized spacial score (nSPS) is 11.8. The van der Waals surface area contributed by atoms with Crippen molar-refractivity contribution < 1.29 is 9.60 Å². The zero-order valence-electron chi connectivity index (χ0n) is 9.42. The zero-order chi connectivity index (χ0) is 13.1. The lowest BCUT2D eigenvalue weighted by atomic mass is 10.2. The monoisotopic (exact) mass is 283 g/mol. The topological polar surface area (TPSA) is 71.5 Å². The number of halogens is 1. The molecule has 2 rings (SSSR count). The molecule has 0 saturated carbocycles. The number of oxime groups is 1. The molecule has 0 unspecified atom stereocenters. The molecule has 0 atom stereocenters. The van der Waals surface area contributed by atoms with E-state index in [4.69, 9.17) is 10.9 Å². The molecule has 0 radical (unpaired) electrons. The molecule has 0 aliphatic rings. The Labute approximate surface area is 111 Å². The second kappa shape index (κ2) is 5.36. The van der Waals surface area contributed by atoms with Gasteiger partial charge in [0.1, 0.15) is 5.82 Å². The van der Waals surface area contributed by atoms with E-state index in [0.29, 0.717) is 4.90 Å². The van der Waals surface area contributed by atoms with Crippen LogP contribution in [0.25, 0.3) is 0 Å². The fourth-order valence-electron chi connectivity index (χ4n) is 1.36. The van der Waals surface area contributed by atoms with E-state index in [1.807, 2.05) is 12.3 Å². The predicted octanol–water partition coefficient (Wildman–Crippen LogP) is 2.84. The van der Waals surface area contributed by atoms with E-state index < -0.39 is 5.82 Å². The quantitative estimate of drug-likeness (QED) is 0.393. The largest absolute Gasteiger partial charge is 0.409 e. The van der Waals surface area contributed by atoms with Gasteiger partial charge in [-0.3, -0.25) is 0 Å². The summed E-state index contributed by atoms with van der Waals surface area (Å²) in [6.07, 6.45) is 0. The van der Waals surface area contributed by atoms with Crippen LogP contribution in [0.1, 0.15) is 11.3 Å². The van der Waals surface area contributed by atoms with Crippen LogP contribution in [0.15, 0.2) is 38.0 Å². The van der Waals surface area contributed by atoms with Gasteiger partial charge in [-0.1, -0.05) is 23.0 Å². The Balaban J connectivity index is 2.41. The first-order chi connectivity index (χ1) is 8.61. The molecule has 18 heavy (non-hydrogen) atoms. The molecule has 4 nitrogen and oxygen atoms in total. The molecule has 0 saturated heterocycles. The summed E-state index contributed by atoms with van der Waals surface area (Å²) in [7, 11) is 0. The van der Waals surface area contributed by atoms with Crippen LogP contribution in [0.4, 0.5) is 4.39 Å². The molecule has 0 aliphatic carbocycles. The average molecular weight is 283 g/mol. The first kappa shape index (κ1) is 12.8. The Morgan fingerprint density at radius 1 is 1.56 bits per heavy atom. The van der Waals surface area contributed by atoms with Gasteiger partial charge < -0.3 is 10.9 Å². The van der Waals surface area contributed by atoms with Gasteiger partial charge in [-0.25, -0.2) is 9.37 Å². The van der Waals surface area contributed by atoms with Crippen molar-refractivity contribution in [2.45, 2.75) is 16.2 Å². The second-order valence-corrected chi connectivity index (χ2v) is 5.60. The highest BCUT2D eigenvalue weighted by Crippen LogP contribution is 2.33. The third kappa shape index (κ3) is 2.62. The Morgan fingerprint density at radius 3 is 2.94 bits per heavy atom. The zero-order valence-corrected chi connectivity index (χ0v) is 11.1. The van der Waals surface area contributed by atoms with Gasteiger partial charge in [0.15, 0.2) is 10.2 Å². The van der Waals surface area contributed by atoms with E-state index in [9.17, 15) is 4.39 Å². The molecule has 94 valence electrons. The van der Waals surface area contributed by atoms with Crippen molar-refractivity contribution in [3.8, 4) is 0 Å². The molecular formula is C11H10FN3OS2. The van der Waals surface area contributed by atoms with Crippen LogP contribution >= 0.6 is 23.1 Å². The highest BCUT2D eigenvalue weighted by atomic mass is 32.2. The molecule has 1 aromatic carbocycles. The van der Waals surface area contributed by atoms with Crippen LogP contribution in [0.2, 0.25) is 0 Å². The standard InChI is InChI=1S/C11H10FN3OS2/c1-6-5-17-11(14-6)18-8-4-2-3-7(12)9(8)10(13)15-16/h2-5,16H,1H3,(H2,13,15). The van der Waals surface area contributed by atoms with E-state index in [0.717, 1.165) is 10.0 Å². The number of hydrogen-bond donors (Lipinski definition) is 2. The summed E-state index contributed by atoms with van der Waals surface area (Å²) in [5, 5.41) is 13.4. The Kier molecular flexibility index (Phi) is 3.83. The predicted molar refractivity (Wildman–Crippen MR) is 69.9 cm³/mol. The fraction of sp³-hybridized carbons (Fsp3) is 0.0909. The Morgan fingerprint density at radius 2 is 2.33 bits per heavy atom. The number of aryl methyl sites for hydroxylation is 1.